The van der Waals surface area contributed by atoms with Gasteiger partial charge in [0.15, 0.2) is 0 Å². The third kappa shape index (κ3) is 5.05. The Labute approximate surface area is 142 Å². The first-order chi connectivity index (χ1) is 9.75. The first-order valence-corrected chi connectivity index (χ1v) is 9.60. The third-order valence-electron chi connectivity index (χ3n) is 4.89. The smallest absolute Gasteiger partial charge is 0.0701 e. The Kier molecular flexibility index (Phi) is 5.91. The minimum atomic E-state index is 0.375. The Morgan fingerprint density at radius 3 is 2.67 bits per heavy atom. The van der Waals surface area contributed by atoms with Gasteiger partial charge in [-0.15, -0.1) is 11.3 Å². The van der Waals surface area contributed by atoms with Gasteiger partial charge in [0, 0.05) is 19.1 Å². The molecule has 3 unspecified atom stereocenters. The van der Waals surface area contributed by atoms with Crippen LogP contribution in [0.4, 0.5) is 0 Å². The molecule has 2 nitrogen and oxygen atoms in total. The molecule has 1 aromatic rings. The van der Waals surface area contributed by atoms with E-state index in [-0.39, 0.29) is 0 Å². The lowest BCUT2D eigenvalue weighted by Gasteiger charge is -2.41. The van der Waals surface area contributed by atoms with Crippen molar-refractivity contribution in [1.82, 2.24) is 4.90 Å². The Bertz CT molecular complexity index is 452. The number of rotatable bonds is 4. The largest absolute Gasteiger partial charge is 0.327 e. The maximum absolute atomic E-state index is 6.40. The highest BCUT2D eigenvalue weighted by Crippen LogP contribution is 2.40. The van der Waals surface area contributed by atoms with Crippen LogP contribution in [-0.2, 0) is 6.54 Å². The number of thiophene rings is 1. The highest BCUT2D eigenvalue weighted by molar-refractivity contribution is 9.11. The Hall–Kier alpha value is 0.1000. The first-order valence-electron chi connectivity index (χ1n) is 7.92. The molecule has 1 saturated carbocycles. The molecule has 1 aliphatic carbocycles. The van der Waals surface area contributed by atoms with E-state index in [2.05, 4.69) is 60.1 Å². The molecule has 0 aliphatic heterocycles. The molecule has 1 aliphatic rings. The van der Waals surface area contributed by atoms with E-state index in [1.807, 2.05) is 0 Å². The highest BCUT2D eigenvalue weighted by Gasteiger charge is 2.34. The number of nitrogens with two attached hydrogens (primary N) is 1. The fraction of sp³-hybridized carbons (Fsp3) is 0.765. The molecule has 0 spiro atoms. The van der Waals surface area contributed by atoms with Crippen molar-refractivity contribution in [3.8, 4) is 0 Å². The fourth-order valence-electron chi connectivity index (χ4n) is 3.49. The van der Waals surface area contributed by atoms with Crippen molar-refractivity contribution in [2.75, 3.05) is 13.6 Å². The number of halogens is 1. The van der Waals surface area contributed by atoms with E-state index in [0.29, 0.717) is 17.4 Å². The van der Waals surface area contributed by atoms with E-state index >= 15 is 0 Å². The summed E-state index contributed by atoms with van der Waals surface area (Å²) in [4.78, 5) is 2.43. The zero-order chi connectivity index (χ0) is 15.6. The standard InChI is InChI=1S/C17H29BrN2S/c1-17(2,3)14-5-6-15(19)13(8-14)10-20(4)9-12-7-16(18)21-11-12/h7,11,13-15H,5-6,8-10,19H2,1-4H3. The summed E-state index contributed by atoms with van der Waals surface area (Å²) in [5, 5.41) is 2.24. The monoisotopic (exact) mass is 372 g/mol. The molecular weight excluding hydrogens is 344 g/mol. The maximum Gasteiger partial charge on any atom is 0.0701 e. The highest BCUT2D eigenvalue weighted by atomic mass is 79.9. The van der Waals surface area contributed by atoms with E-state index in [9.17, 15) is 0 Å². The van der Waals surface area contributed by atoms with Crippen LogP contribution in [-0.4, -0.2) is 24.5 Å². The lowest BCUT2D eigenvalue weighted by atomic mass is 9.67. The van der Waals surface area contributed by atoms with Gasteiger partial charge in [0.1, 0.15) is 0 Å². The van der Waals surface area contributed by atoms with Crippen molar-refractivity contribution in [2.24, 2.45) is 23.0 Å². The molecule has 1 heterocycles. The van der Waals surface area contributed by atoms with Crippen LogP contribution in [0.25, 0.3) is 0 Å². The summed E-state index contributed by atoms with van der Waals surface area (Å²) in [7, 11) is 2.22. The predicted molar refractivity (Wildman–Crippen MR) is 96.6 cm³/mol. The van der Waals surface area contributed by atoms with E-state index in [1.165, 1.54) is 28.6 Å². The molecule has 0 aromatic carbocycles. The van der Waals surface area contributed by atoms with E-state index in [4.69, 9.17) is 5.73 Å². The molecule has 2 rings (SSSR count). The first kappa shape index (κ1) is 17.5. The van der Waals surface area contributed by atoms with Gasteiger partial charge in [-0.25, -0.2) is 0 Å². The van der Waals surface area contributed by atoms with E-state index in [0.717, 1.165) is 19.0 Å². The summed E-state index contributed by atoms with van der Waals surface area (Å²) in [6, 6.07) is 2.60. The van der Waals surface area contributed by atoms with Gasteiger partial charge in [0.05, 0.1) is 3.79 Å². The molecule has 0 radical (unpaired) electrons. The van der Waals surface area contributed by atoms with Crippen molar-refractivity contribution in [1.29, 1.82) is 0 Å². The van der Waals surface area contributed by atoms with Gasteiger partial charge in [-0.1, -0.05) is 20.8 Å². The minimum Gasteiger partial charge on any atom is -0.327 e. The molecule has 21 heavy (non-hydrogen) atoms. The molecule has 0 bridgehead atoms. The molecule has 1 fully saturated rings. The van der Waals surface area contributed by atoms with Crippen LogP contribution in [0.1, 0.15) is 45.6 Å². The maximum atomic E-state index is 6.40. The lowest BCUT2D eigenvalue weighted by molar-refractivity contribution is 0.104. The van der Waals surface area contributed by atoms with Crippen molar-refractivity contribution in [2.45, 2.75) is 52.6 Å². The van der Waals surface area contributed by atoms with Crippen LogP contribution in [0.3, 0.4) is 0 Å². The number of hydrogen-bond acceptors (Lipinski definition) is 3. The quantitative estimate of drug-likeness (QED) is 0.827. The van der Waals surface area contributed by atoms with Crippen LogP contribution in [0.2, 0.25) is 0 Å². The zero-order valence-electron chi connectivity index (χ0n) is 13.7. The van der Waals surface area contributed by atoms with Gasteiger partial charge < -0.3 is 10.6 Å². The van der Waals surface area contributed by atoms with Crippen LogP contribution < -0.4 is 5.73 Å². The summed E-state index contributed by atoms with van der Waals surface area (Å²) < 4.78 is 1.22. The van der Waals surface area contributed by atoms with Crippen LogP contribution in [0, 0.1) is 17.3 Å². The summed E-state index contributed by atoms with van der Waals surface area (Å²) in [5.41, 5.74) is 8.20. The molecule has 2 N–H and O–H groups in total. The van der Waals surface area contributed by atoms with E-state index < -0.39 is 0 Å². The predicted octanol–water partition coefficient (Wildman–Crippen LogP) is 4.73. The normalized spacial score (nSPS) is 27.3. The molecule has 0 saturated heterocycles. The van der Waals surface area contributed by atoms with Gasteiger partial charge in [-0.05, 0) is 76.5 Å². The number of hydrogen-bond donors (Lipinski definition) is 1. The van der Waals surface area contributed by atoms with Crippen LogP contribution in [0.15, 0.2) is 15.2 Å². The van der Waals surface area contributed by atoms with Gasteiger partial charge in [0.2, 0.25) is 0 Å². The second-order valence-corrected chi connectivity index (χ2v) is 10.0. The lowest BCUT2D eigenvalue weighted by Crippen LogP contribution is -2.44. The molecule has 1 aromatic heterocycles. The minimum absolute atomic E-state index is 0.375. The SMILES string of the molecule is CN(Cc1csc(Br)c1)CC1CC(C(C)(C)C)CCC1N. The Morgan fingerprint density at radius 2 is 2.10 bits per heavy atom. The van der Waals surface area contributed by atoms with E-state index in [1.54, 1.807) is 11.3 Å². The summed E-state index contributed by atoms with van der Waals surface area (Å²) >= 11 is 5.30. The van der Waals surface area contributed by atoms with Gasteiger partial charge in [-0.3, -0.25) is 0 Å². The zero-order valence-corrected chi connectivity index (χ0v) is 16.1. The molecular formula is C17H29BrN2S. The van der Waals surface area contributed by atoms with Crippen molar-refractivity contribution >= 4 is 27.3 Å². The van der Waals surface area contributed by atoms with Crippen LogP contribution in [0.5, 0.6) is 0 Å². The van der Waals surface area contributed by atoms with Crippen molar-refractivity contribution < 1.29 is 0 Å². The number of nitrogens with zero attached hydrogens (tertiary/aromatic N) is 1. The van der Waals surface area contributed by atoms with Crippen molar-refractivity contribution in [3.63, 3.8) is 0 Å². The molecule has 120 valence electrons. The fourth-order valence-corrected chi connectivity index (χ4v) is 4.69. The average molecular weight is 373 g/mol. The average Bonchev–Trinajstić information content (AvgIpc) is 2.76. The summed E-state index contributed by atoms with van der Waals surface area (Å²) in [5.74, 6) is 1.45. The topological polar surface area (TPSA) is 29.3 Å². The second-order valence-electron chi connectivity index (χ2n) is 7.76. The Morgan fingerprint density at radius 1 is 1.38 bits per heavy atom. The second kappa shape index (κ2) is 7.12. The summed E-state index contributed by atoms with van der Waals surface area (Å²) in [6.45, 7) is 9.25. The van der Waals surface area contributed by atoms with Gasteiger partial charge in [0.25, 0.3) is 0 Å². The van der Waals surface area contributed by atoms with Gasteiger partial charge >= 0.3 is 0 Å². The van der Waals surface area contributed by atoms with Crippen molar-refractivity contribution in [3.05, 3.63) is 20.8 Å². The molecule has 4 heteroatoms. The summed E-state index contributed by atoms with van der Waals surface area (Å²) in [6.07, 6.45) is 3.76. The Balaban J connectivity index is 1.90. The molecule has 3 atom stereocenters. The van der Waals surface area contributed by atoms with Crippen LogP contribution >= 0.6 is 27.3 Å². The third-order valence-corrected chi connectivity index (χ3v) is 6.44. The molecule has 0 amide bonds. The van der Waals surface area contributed by atoms with Gasteiger partial charge in [-0.2, -0.15) is 0 Å².